The molecule has 1 aromatic heterocycles. The van der Waals surface area contributed by atoms with Gasteiger partial charge in [-0.15, -0.1) is 0 Å². The Bertz CT molecular complexity index is 349. The van der Waals surface area contributed by atoms with E-state index in [4.69, 9.17) is 0 Å². The maximum Gasteiger partial charge on any atom is 0.222 e. The number of rotatable bonds is 4. The van der Waals surface area contributed by atoms with Crippen molar-refractivity contribution in [3.8, 4) is 0 Å². The predicted molar refractivity (Wildman–Crippen MR) is 64.4 cm³/mol. The second-order valence-corrected chi connectivity index (χ2v) is 4.61. The van der Waals surface area contributed by atoms with Crippen LogP contribution >= 0.6 is 0 Å². The van der Waals surface area contributed by atoms with Gasteiger partial charge in [-0.25, -0.2) is 9.67 Å². The molecule has 2 heterocycles. The van der Waals surface area contributed by atoms with Gasteiger partial charge in [0.2, 0.25) is 5.91 Å². The zero-order valence-electron chi connectivity index (χ0n) is 10.4. The van der Waals surface area contributed by atoms with Crippen molar-refractivity contribution < 1.29 is 4.79 Å². The first-order chi connectivity index (χ1) is 8.31. The highest BCUT2D eigenvalue weighted by Crippen LogP contribution is 2.21. The number of amides is 1. The van der Waals surface area contributed by atoms with Gasteiger partial charge in [0.15, 0.2) is 0 Å². The van der Waals surface area contributed by atoms with Crippen LogP contribution in [0.4, 0.5) is 0 Å². The number of likely N-dealkylation sites (tertiary alicyclic amines) is 1. The molecule has 0 N–H and O–H groups in total. The van der Waals surface area contributed by atoms with E-state index in [2.05, 4.69) is 17.0 Å². The summed E-state index contributed by atoms with van der Waals surface area (Å²) in [7, 11) is 0. The van der Waals surface area contributed by atoms with Crippen molar-refractivity contribution in [2.45, 2.75) is 45.1 Å². The third-order valence-electron chi connectivity index (χ3n) is 3.30. The van der Waals surface area contributed by atoms with E-state index in [0.717, 1.165) is 38.8 Å². The molecule has 0 bridgehead atoms. The van der Waals surface area contributed by atoms with E-state index in [1.165, 1.54) is 0 Å². The smallest absolute Gasteiger partial charge is 0.222 e. The molecule has 1 atom stereocenters. The Morgan fingerprint density at radius 3 is 3.12 bits per heavy atom. The quantitative estimate of drug-likeness (QED) is 0.798. The first kappa shape index (κ1) is 12.1. The van der Waals surface area contributed by atoms with Crippen LogP contribution in [-0.2, 0) is 4.79 Å². The highest BCUT2D eigenvalue weighted by Gasteiger charge is 2.24. The van der Waals surface area contributed by atoms with E-state index in [1.807, 2.05) is 9.58 Å². The summed E-state index contributed by atoms with van der Waals surface area (Å²) in [6, 6.07) is 0.303. The Labute approximate surface area is 102 Å². The van der Waals surface area contributed by atoms with Crippen molar-refractivity contribution in [2.24, 2.45) is 0 Å². The molecule has 0 radical (unpaired) electrons. The van der Waals surface area contributed by atoms with Gasteiger partial charge in [0, 0.05) is 19.5 Å². The van der Waals surface area contributed by atoms with Gasteiger partial charge in [0.1, 0.15) is 12.7 Å². The van der Waals surface area contributed by atoms with Gasteiger partial charge in [-0.3, -0.25) is 4.79 Å². The lowest BCUT2D eigenvalue weighted by atomic mass is 10.1. The van der Waals surface area contributed by atoms with Crippen LogP contribution in [0.1, 0.15) is 45.1 Å². The summed E-state index contributed by atoms with van der Waals surface area (Å²) in [6.45, 7) is 3.79. The van der Waals surface area contributed by atoms with Crippen molar-refractivity contribution in [1.82, 2.24) is 19.7 Å². The maximum absolute atomic E-state index is 12.0. The molecule has 5 nitrogen and oxygen atoms in total. The van der Waals surface area contributed by atoms with Gasteiger partial charge in [0.05, 0.1) is 6.04 Å². The van der Waals surface area contributed by atoms with Gasteiger partial charge in [-0.1, -0.05) is 13.3 Å². The van der Waals surface area contributed by atoms with E-state index in [0.29, 0.717) is 12.5 Å². The number of carbonyl (C=O) groups excluding carboxylic acids is 1. The minimum atomic E-state index is 0.289. The van der Waals surface area contributed by atoms with Gasteiger partial charge in [0.25, 0.3) is 0 Å². The highest BCUT2D eigenvalue weighted by molar-refractivity contribution is 5.76. The van der Waals surface area contributed by atoms with Crippen LogP contribution in [0.5, 0.6) is 0 Å². The van der Waals surface area contributed by atoms with Crippen LogP contribution in [0.25, 0.3) is 0 Å². The summed E-state index contributed by atoms with van der Waals surface area (Å²) in [5, 5.41) is 4.16. The second kappa shape index (κ2) is 5.80. The fourth-order valence-electron chi connectivity index (χ4n) is 2.29. The molecule has 0 aromatic carbocycles. The third-order valence-corrected chi connectivity index (χ3v) is 3.30. The Morgan fingerprint density at radius 1 is 1.53 bits per heavy atom. The van der Waals surface area contributed by atoms with Crippen LogP contribution in [0.3, 0.4) is 0 Å². The monoisotopic (exact) mass is 236 g/mol. The minimum absolute atomic E-state index is 0.289. The van der Waals surface area contributed by atoms with E-state index in [9.17, 15) is 4.79 Å². The number of nitrogens with zero attached hydrogens (tertiary/aromatic N) is 4. The molecule has 17 heavy (non-hydrogen) atoms. The van der Waals surface area contributed by atoms with Gasteiger partial charge in [-0.05, 0) is 19.3 Å². The molecule has 1 aliphatic rings. The van der Waals surface area contributed by atoms with Crippen LogP contribution in [0, 0.1) is 0 Å². The zero-order chi connectivity index (χ0) is 12.1. The number of aromatic nitrogens is 3. The van der Waals surface area contributed by atoms with Crippen LogP contribution in [0.15, 0.2) is 12.7 Å². The lowest BCUT2D eigenvalue weighted by Gasteiger charge is -2.32. The summed E-state index contributed by atoms with van der Waals surface area (Å²) in [5.74, 6) is 0.289. The van der Waals surface area contributed by atoms with Crippen molar-refractivity contribution in [3.05, 3.63) is 12.7 Å². The average molecular weight is 236 g/mol. The molecule has 1 aliphatic heterocycles. The van der Waals surface area contributed by atoms with Crippen LogP contribution in [-0.4, -0.2) is 38.7 Å². The lowest BCUT2D eigenvalue weighted by molar-refractivity contribution is -0.133. The Kier molecular flexibility index (Phi) is 4.12. The molecule has 5 heteroatoms. The molecule has 1 fully saturated rings. The van der Waals surface area contributed by atoms with E-state index < -0.39 is 0 Å². The number of carbonyl (C=O) groups is 1. The fraction of sp³-hybridized carbons (Fsp3) is 0.750. The van der Waals surface area contributed by atoms with Crippen molar-refractivity contribution >= 4 is 5.91 Å². The highest BCUT2D eigenvalue weighted by atomic mass is 16.2. The van der Waals surface area contributed by atoms with Crippen molar-refractivity contribution in [2.75, 3.05) is 13.1 Å². The zero-order valence-corrected chi connectivity index (χ0v) is 10.4. The van der Waals surface area contributed by atoms with Gasteiger partial charge in [-0.2, -0.15) is 5.10 Å². The van der Waals surface area contributed by atoms with Crippen molar-refractivity contribution in [3.63, 3.8) is 0 Å². The Hall–Kier alpha value is -1.39. The molecule has 1 saturated heterocycles. The summed E-state index contributed by atoms with van der Waals surface area (Å²) < 4.78 is 1.87. The van der Waals surface area contributed by atoms with E-state index in [1.54, 1.807) is 12.7 Å². The molecule has 2 rings (SSSR count). The van der Waals surface area contributed by atoms with E-state index in [-0.39, 0.29) is 5.91 Å². The number of piperidine rings is 1. The first-order valence-electron chi connectivity index (χ1n) is 6.43. The first-order valence-corrected chi connectivity index (χ1v) is 6.43. The predicted octanol–water partition coefficient (Wildman–Crippen LogP) is 1.63. The number of unbranched alkanes of at least 4 members (excludes halogenated alkanes) is 1. The summed E-state index contributed by atoms with van der Waals surface area (Å²) >= 11 is 0. The molecule has 1 amide bonds. The van der Waals surface area contributed by atoms with Crippen LogP contribution in [0.2, 0.25) is 0 Å². The molecule has 1 aromatic rings. The van der Waals surface area contributed by atoms with E-state index >= 15 is 0 Å². The molecule has 0 saturated carbocycles. The third kappa shape index (κ3) is 3.05. The standard InChI is InChI=1S/C12H20N4O/c1-2-3-6-12(17)15-7-4-5-11(8-15)16-10-13-9-14-16/h9-11H,2-8H2,1H3/t11-/m0/s1. The average Bonchev–Trinajstić information content (AvgIpc) is 2.90. The second-order valence-electron chi connectivity index (χ2n) is 4.61. The topological polar surface area (TPSA) is 51.0 Å². The SMILES string of the molecule is CCCCC(=O)N1CCC[C@H](n2cncn2)C1. The summed E-state index contributed by atoms with van der Waals surface area (Å²) in [4.78, 5) is 17.9. The molecule has 94 valence electrons. The van der Waals surface area contributed by atoms with Gasteiger partial charge >= 0.3 is 0 Å². The Morgan fingerprint density at radius 2 is 2.41 bits per heavy atom. The largest absolute Gasteiger partial charge is 0.341 e. The lowest BCUT2D eigenvalue weighted by Crippen LogP contribution is -2.40. The fourth-order valence-corrected chi connectivity index (χ4v) is 2.29. The minimum Gasteiger partial charge on any atom is -0.341 e. The maximum atomic E-state index is 12.0. The molecular formula is C12H20N4O. The molecule has 0 aliphatic carbocycles. The van der Waals surface area contributed by atoms with Crippen LogP contribution < -0.4 is 0 Å². The van der Waals surface area contributed by atoms with Crippen molar-refractivity contribution in [1.29, 1.82) is 0 Å². The normalized spacial score (nSPS) is 20.5. The number of hydrogen-bond donors (Lipinski definition) is 0. The summed E-state index contributed by atoms with van der Waals surface area (Å²) in [6.07, 6.45) is 8.18. The van der Waals surface area contributed by atoms with Gasteiger partial charge < -0.3 is 4.90 Å². The number of hydrogen-bond acceptors (Lipinski definition) is 3. The molecule has 0 unspecified atom stereocenters. The molecule has 0 spiro atoms. The summed E-state index contributed by atoms with van der Waals surface area (Å²) in [5.41, 5.74) is 0. The Balaban J connectivity index is 1.90. The molecular weight excluding hydrogens is 216 g/mol.